The molecule has 0 bridgehead atoms. The average molecular weight is 368 g/mol. The van der Waals surface area contributed by atoms with Crippen LogP contribution in [0, 0.1) is 12.8 Å². The lowest BCUT2D eigenvalue weighted by Gasteiger charge is -2.33. The molecule has 5 heteroatoms. The molecule has 0 amide bonds. The van der Waals surface area contributed by atoms with Crippen molar-refractivity contribution in [3.63, 3.8) is 0 Å². The number of hydrogen-bond donors (Lipinski definition) is 2. The van der Waals surface area contributed by atoms with E-state index in [2.05, 4.69) is 63.6 Å². The SMILES string of the molecule is CNc1cc(C)nc(NC2CCCN(Cc3ccc(CC(C)C)cc3)C2)n1. The third-order valence-electron chi connectivity index (χ3n) is 5.02. The fourth-order valence-corrected chi connectivity index (χ4v) is 3.77. The molecule has 1 aliphatic rings. The monoisotopic (exact) mass is 367 g/mol. The number of piperidine rings is 1. The fourth-order valence-electron chi connectivity index (χ4n) is 3.77. The highest BCUT2D eigenvalue weighted by Crippen LogP contribution is 2.18. The van der Waals surface area contributed by atoms with Crippen LogP contribution in [0.15, 0.2) is 30.3 Å². The highest BCUT2D eigenvalue weighted by molar-refractivity contribution is 5.42. The Hall–Kier alpha value is -2.14. The molecular formula is C22H33N5. The first-order chi connectivity index (χ1) is 13.0. The number of nitrogens with zero attached hydrogens (tertiary/aromatic N) is 3. The van der Waals surface area contributed by atoms with Gasteiger partial charge in [0.15, 0.2) is 0 Å². The minimum atomic E-state index is 0.394. The van der Waals surface area contributed by atoms with Crippen molar-refractivity contribution in [2.45, 2.75) is 52.6 Å². The second kappa shape index (κ2) is 9.18. The Kier molecular flexibility index (Phi) is 6.67. The number of benzene rings is 1. The smallest absolute Gasteiger partial charge is 0.225 e. The number of anilines is 2. The van der Waals surface area contributed by atoms with Crippen molar-refractivity contribution in [3.8, 4) is 0 Å². The van der Waals surface area contributed by atoms with Crippen LogP contribution in [0.5, 0.6) is 0 Å². The average Bonchev–Trinajstić information content (AvgIpc) is 2.63. The van der Waals surface area contributed by atoms with Crippen LogP contribution in [0.25, 0.3) is 0 Å². The van der Waals surface area contributed by atoms with Gasteiger partial charge in [0.1, 0.15) is 5.82 Å². The first kappa shape index (κ1) is 19.6. The summed E-state index contributed by atoms with van der Waals surface area (Å²) in [6.07, 6.45) is 3.52. The van der Waals surface area contributed by atoms with Crippen molar-refractivity contribution in [1.82, 2.24) is 14.9 Å². The van der Waals surface area contributed by atoms with Crippen LogP contribution < -0.4 is 10.6 Å². The summed E-state index contributed by atoms with van der Waals surface area (Å²) < 4.78 is 0. The van der Waals surface area contributed by atoms with Crippen LogP contribution in [0.4, 0.5) is 11.8 Å². The summed E-state index contributed by atoms with van der Waals surface area (Å²) in [7, 11) is 1.89. The molecular weight excluding hydrogens is 334 g/mol. The van der Waals surface area contributed by atoms with Crippen molar-refractivity contribution in [2.24, 2.45) is 5.92 Å². The van der Waals surface area contributed by atoms with Gasteiger partial charge in [0, 0.05) is 37.9 Å². The zero-order chi connectivity index (χ0) is 19.2. The lowest BCUT2D eigenvalue weighted by Crippen LogP contribution is -2.41. The first-order valence-electron chi connectivity index (χ1n) is 10.1. The summed E-state index contributed by atoms with van der Waals surface area (Å²) in [5, 5.41) is 6.64. The summed E-state index contributed by atoms with van der Waals surface area (Å²) in [4.78, 5) is 11.6. The molecule has 0 aliphatic carbocycles. The number of aryl methyl sites for hydroxylation is 1. The zero-order valence-electron chi connectivity index (χ0n) is 17.1. The van der Waals surface area contributed by atoms with E-state index in [1.165, 1.54) is 17.5 Å². The van der Waals surface area contributed by atoms with E-state index in [1.54, 1.807) is 0 Å². The standard InChI is InChI=1S/C22H33N5/c1-16(2)12-18-7-9-19(10-8-18)14-27-11-5-6-20(15-27)25-22-24-17(3)13-21(23-4)26-22/h7-10,13,16,20H,5-6,11-12,14-15H2,1-4H3,(H2,23,24,25,26). The first-order valence-corrected chi connectivity index (χ1v) is 10.1. The van der Waals surface area contributed by atoms with Crippen molar-refractivity contribution in [3.05, 3.63) is 47.2 Å². The predicted octanol–water partition coefficient (Wildman–Crippen LogP) is 4.10. The van der Waals surface area contributed by atoms with Crippen LogP contribution in [0.1, 0.15) is 43.5 Å². The predicted molar refractivity (Wildman–Crippen MR) is 113 cm³/mol. The van der Waals surface area contributed by atoms with E-state index in [0.29, 0.717) is 12.0 Å². The van der Waals surface area contributed by atoms with Gasteiger partial charge in [-0.1, -0.05) is 38.1 Å². The minimum absolute atomic E-state index is 0.394. The van der Waals surface area contributed by atoms with Gasteiger partial charge in [-0.25, -0.2) is 4.98 Å². The molecule has 1 aliphatic heterocycles. The van der Waals surface area contributed by atoms with Crippen molar-refractivity contribution in [1.29, 1.82) is 0 Å². The summed E-state index contributed by atoms with van der Waals surface area (Å²) in [5.41, 5.74) is 3.81. The molecule has 2 N–H and O–H groups in total. The second-order valence-electron chi connectivity index (χ2n) is 8.10. The fraction of sp³-hybridized carbons (Fsp3) is 0.545. The number of likely N-dealkylation sites (tertiary alicyclic amines) is 1. The van der Waals surface area contributed by atoms with E-state index >= 15 is 0 Å². The largest absolute Gasteiger partial charge is 0.373 e. The molecule has 0 spiro atoms. The molecule has 3 rings (SSSR count). The highest BCUT2D eigenvalue weighted by atomic mass is 15.2. The minimum Gasteiger partial charge on any atom is -0.373 e. The van der Waals surface area contributed by atoms with Gasteiger partial charge in [0.2, 0.25) is 5.95 Å². The highest BCUT2D eigenvalue weighted by Gasteiger charge is 2.20. The Morgan fingerprint density at radius 1 is 1.15 bits per heavy atom. The van der Waals surface area contributed by atoms with Gasteiger partial charge in [-0.05, 0) is 49.8 Å². The maximum Gasteiger partial charge on any atom is 0.225 e. The van der Waals surface area contributed by atoms with E-state index in [-0.39, 0.29) is 0 Å². The molecule has 2 aromatic rings. The summed E-state index contributed by atoms with van der Waals surface area (Å²) in [6.45, 7) is 9.74. The molecule has 0 saturated carbocycles. The molecule has 1 aromatic heterocycles. The van der Waals surface area contributed by atoms with Gasteiger partial charge in [-0.2, -0.15) is 4.98 Å². The third kappa shape index (κ3) is 5.93. The Bertz CT molecular complexity index is 726. The number of hydrogen-bond acceptors (Lipinski definition) is 5. The molecule has 1 atom stereocenters. The van der Waals surface area contributed by atoms with E-state index < -0.39 is 0 Å². The molecule has 1 fully saturated rings. The Morgan fingerprint density at radius 3 is 2.59 bits per heavy atom. The molecule has 0 radical (unpaired) electrons. The Labute approximate surface area is 163 Å². The third-order valence-corrected chi connectivity index (χ3v) is 5.02. The van der Waals surface area contributed by atoms with E-state index in [9.17, 15) is 0 Å². The van der Waals surface area contributed by atoms with Gasteiger partial charge < -0.3 is 10.6 Å². The zero-order valence-corrected chi connectivity index (χ0v) is 17.1. The normalized spacial score (nSPS) is 17.9. The number of nitrogens with one attached hydrogen (secondary N) is 2. The Morgan fingerprint density at radius 2 is 1.89 bits per heavy atom. The van der Waals surface area contributed by atoms with Gasteiger partial charge in [0.25, 0.3) is 0 Å². The molecule has 1 saturated heterocycles. The van der Waals surface area contributed by atoms with E-state index in [1.807, 2.05) is 20.0 Å². The molecule has 27 heavy (non-hydrogen) atoms. The molecule has 5 nitrogen and oxygen atoms in total. The maximum absolute atomic E-state index is 4.54. The molecule has 1 unspecified atom stereocenters. The lowest BCUT2D eigenvalue weighted by atomic mass is 10.0. The van der Waals surface area contributed by atoms with Crippen LogP contribution in [0.2, 0.25) is 0 Å². The maximum atomic E-state index is 4.54. The summed E-state index contributed by atoms with van der Waals surface area (Å²) in [5.74, 6) is 2.29. The second-order valence-corrected chi connectivity index (χ2v) is 8.10. The Balaban J connectivity index is 1.57. The van der Waals surface area contributed by atoms with Gasteiger partial charge in [0.05, 0.1) is 0 Å². The topological polar surface area (TPSA) is 53.1 Å². The van der Waals surface area contributed by atoms with Crippen molar-refractivity contribution >= 4 is 11.8 Å². The molecule has 2 heterocycles. The van der Waals surface area contributed by atoms with E-state index in [4.69, 9.17) is 0 Å². The number of aromatic nitrogens is 2. The van der Waals surface area contributed by atoms with Crippen LogP contribution >= 0.6 is 0 Å². The van der Waals surface area contributed by atoms with E-state index in [0.717, 1.165) is 49.9 Å². The van der Waals surface area contributed by atoms with Crippen LogP contribution in [-0.4, -0.2) is 41.0 Å². The number of rotatable bonds is 7. The van der Waals surface area contributed by atoms with Crippen molar-refractivity contribution < 1.29 is 0 Å². The lowest BCUT2D eigenvalue weighted by molar-refractivity contribution is 0.208. The van der Waals surface area contributed by atoms with Crippen molar-refractivity contribution in [2.75, 3.05) is 30.8 Å². The van der Waals surface area contributed by atoms with Gasteiger partial charge in [-0.3, -0.25) is 4.90 Å². The van der Waals surface area contributed by atoms with Crippen LogP contribution in [0.3, 0.4) is 0 Å². The van der Waals surface area contributed by atoms with Gasteiger partial charge >= 0.3 is 0 Å². The van der Waals surface area contributed by atoms with Crippen LogP contribution in [-0.2, 0) is 13.0 Å². The molecule has 146 valence electrons. The quantitative estimate of drug-likeness (QED) is 0.771. The van der Waals surface area contributed by atoms with Gasteiger partial charge in [-0.15, -0.1) is 0 Å². The summed E-state index contributed by atoms with van der Waals surface area (Å²) >= 11 is 0. The summed E-state index contributed by atoms with van der Waals surface area (Å²) in [6, 6.07) is 11.5. The molecule has 1 aromatic carbocycles.